The fourth-order valence-electron chi connectivity index (χ4n) is 5.98. The molecule has 0 bridgehead atoms. The molecule has 2 aliphatic heterocycles. The number of nitrogens with zero attached hydrogens (tertiary/aromatic N) is 2. The van der Waals surface area contributed by atoms with Crippen molar-refractivity contribution < 1.29 is 4.39 Å². The molecule has 0 radical (unpaired) electrons. The van der Waals surface area contributed by atoms with Crippen molar-refractivity contribution in [3.63, 3.8) is 0 Å². The fourth-order valence-corrected chi connectivity index (χ4v) is 5.98. The Bertz CT molecular complexity index is 962. The molecule has 0 aliphatic carbocycles. The van der Waals surface area contributed by atoms with Crippen molar-refractivity contribution in [2.24, 2.45) is 0 Å². The van der Waals surface area contributed by atoms with Crippen molar-refractivity contribution in [2.45, 2.75) is 98.3 Å². The summed E-state index contributed by atoms with van der Waals surface area (Å²) in [5, 5.41) is 0. The molecule has 0 N–H and O–H groups in total. The highest BCUT2D eigenvalue weighted by atomic mass is 19.1. The van der Waals surface area contributed by atoms with E-state index in [0.717, 1.165) is 57.4 Å². The van der Waals surface area contributed by atoms with Crippen LogP contribution >= 0.6 is 0 Å². The molecule has 0 saturated carbocycles. The zero-order valence-electron chi connectivity index (χ0n) is 21.0. The van der Waals surface area contributed by atoms with Crippen LogP contribution in [0.1, 0.15) is 86.4 Å². The van der Waals surface area contributed by atoms with Crippen LogP contribution < -0.4 is 0 Å². The van der Waals surface area contributed by atoms with Crippen molar-refractivity contribution in [3.8, 4) is 0 Å². The number of rotatable bonds is 6. The smallest absolute Gasteiger partial charge is 0.127 e. The van der Waals surface area contributed by atoms with Gasteiger partial charge >= 0.3 is 0 Å². The molecule has 2 aromatic rings. The summed E-state index contributed by atoms with van der Waals surface area (Å²) >= 11 is 0. The van der Waals surface area contributed by atoms with Crippen LogP contribution in [-0.4, -0.2) is 35.0 Å². The van der Waals surface area contributed by atoms with Crippen LogP contribution in [0.15, 0.2) is 24.3 Å². The predicted molar refractivity (Wildman–Crippen MR) is 133 cm³/mol. The molecule has 0 saturated heterocycles. The van der Waals surface area contributed by atoms with Gasteiger partial charge in [-0.3, -0.25) is 9.80 Å². The summed E-state index contributed by atoms with van der Waals surface area (Å²) < 4.78 is 14.7. The largest absolute Gasteiger partial charge is 0.296 e. The summed E-state index contributed by atoms with van der Waals surface area (Å²) in [5.41, 5.74) is 9.72. The predicted octanol–water partition coefficient (Wildman–Crippen LogP) is 6.27. The number of benzene rings is 2. The molecule has 1 atom stereocenters. The van der Waals surface area contributed by atoms with Gasteiger partial charge in [0.15, 0.2) is 0 Å². The highest BCUT2D eigenvalue weighted by Crippen LogP contribution is 2.33. The zero-order valence-corrected chi connectivity index (χ0v) is 21.0. The molecule has 4 rings (SSSR count). The zero-order chi connectivity index (χ0) is 23.0. The maximum absolute atomic E-state index is 14.7. The summed E-state index contributed by atoms with van der Waals surface area (Å²) in [5.74, 6) is 0.504. The van der Waals surface area contributed by atoms with Gasteiger partial charge in [0.1, 0.15) is 5.82 Å². The van der Waals surface area contributed by atoms with Crippen LogP contribution in [0.25, 0.3) is 0 Å². The minimum Gasteiger partial charge on any atom is -0.296 e. The summed E-state index contributed by atoms with van der Waals surface area (Å²) in [6.07, 6.45) is 4.15. The Labute approximate surface area is 194 Å². The van der Waals surface area contributed by atoms with Crippen LogP contribution in [0.4, 0.5) is 4.39 Å². The van der Waals surface area contributed by atoms with Gasteiger partial charge in [0, 0.05) is 43.8 Å². The average Bonchev–Trinajstić information content (AvgIpc) is 2.78. The Hall–Kier alpha value is -1.71. The Balaban J connectivity index is 1.56. The van der Waals surface area contributed by atoms with E-state index in [9.17, 15) is 4.39 Å². The molecule has 32 heavy (non-hydrogen) atoms. The third-order valence-corrected chi connectivity index (χ3v) is 7.88. The van der Waals surface area contributed by atoms with Crippen LogP contribution in [-0.2, 0) is 38.8 Å². The Morgan fingerprint density at radius 2 is 1.50 bits per heavy atom. The van der Waals surface area contributed by atoms with Gasteiger partial charge in [-0.15, -0.1) is 0 Å². The number of halogens is 1. The van der Waals surface area contributed by atoms with Gasteiger partial charge in [0.2, 0.25) is 0 Å². The molecule has 2 aliphatic rings. The number of aryl methyl sites for hydroxylation is 1. The van der Waals surface area contributed by atoms with Gasteiger partial charge in [-0.25, -0.2) is 4.39 Å². The molecule has 174 valence electrons. The average molecular weight is 437 g/mol. The van der Waals surface area contributed by atoms with Crippen molar-refractivity contribution in [3.05, 3.63) is 69.0 Å². The second kappa shape index (κ2) is 9.65. The van der Waals surface area contributed by atoms with E-state index in [1.807, 2.05) is 6.07 Å². The standard InChI is InChI=1S/C29H41FN2/c1-7-22-10-11-28(30)27-18-32(15-12-25(22)27)21(6)16-23-8-9-24-17-31(20(4)5)14-13-26(24)29(23)19(2)3/h8-11,19-21H,7,12-18H2,1-6H3. The maximum atomic E-state index is 14.7. The van der Waals surface area contributed by atoms with E-state index in [4.69, 9.17) is 0 Å². The number of fused-ring (bicyclic) bond motifs is 2. The fraction of sp³-hybridized carbons (Fsp3) is 0.586. The van der Waals surface area contributed by atoms with Crippen LogP contribution in [0.2, 0.25) is 0 Å². The van der Waals surface area contributed by atoms with Gasteiger partial charge in [-0.05, 0) is 91.8 Å². The molecule has 0 spiro atoms. The van der Waals surface area contributed by atoms with E-state index in [1.54, 1.807) is 17.2 Å². The Kier molecular flexibility index (Phi) is 7.07. The first-order valence-electron chi connectivity index (χ1n) is 12.7. The first-order valence-corrected chi connectivity index (χ1v) is 12.7. The SMILES string of the molecule is CCc1ccc(F)c2c1CCN(C(C)Cc1ccc3c(c1C(C)C)CCN(C(C)C)C3)C2. The van der Waals surface area contributed by atoms with E-state index in [0.29, 0.717) is 18.0 Å². The third kappa shape index (κ3) is 4.52. The minimum atomic E-state index is -0.0274. The van der Waals surface area contributed by atoms with E-state index in [-0.39, 0.29) is 5.82 Å². The number of hydrogen-bond donors (Lipinski definition) is 0. The number of hydrogen-bond acceptors (Lipinski definition) is 2. The normalized spacial score (nSPS) is 18.2. The van der Waals surface area contributed by atoms with Crippen molar-refractivity contribution >= 4 is 0 Å². The second-order valence-electron chi connectivity index (χ2n) is 10.5. The quantitative estimate of drug-likeness (QED) is 0.527. The summed E-state index contributed by atoms with van der Waals surface area (Å²) in [4.78, 5) is 5.08. The lowest BCUT2D eigenvalue weighted by Gasteiger charge is -2.37. The molecule has 1 unspecified atom stereocenters. The lowest BCUT2D eigenvalue weighted by Crippen LogP contribution is -2.40. The van der Waals surface area contributed by atoms with Gasteiger partial charge in [-0.1, -0.05) is 39.0 Å². The Morgan fingerprint density at radius 3 is 2.19 bits per heavy atom. The van der Waals surface area contributed by atoms with Gasteiger partial charge in [0.25, 0.3) is 0 Å². The first kappa shape index (κ1) is 23.4. The summed E-state index contributed by atoms with van der Waals surface area (Å²) in [6, 6.07) is 9.43. The molecule has 2 heterocycles. The highest BCUT2D eigenvalue weighted by Gasteiger charge is 2.27. The van der Waals surface area contributed by atoms with E-state index < -0.39 is 0 Å². The molecule has 3 heteroatoms. The van der Waals surface area contributed by atoms with Crippen molar-refractivity contribution in [1.82, 2.24) is 9.80 Å². The molecule has 2 aromatic carbocycles. The lowest BCUT2D eigenvalue weighted by molar-refractivity contribution is 0.185. The molecular weight excluding hydrogens is 395 g/mol. The van der Waals surface area contributed by atoms with Crippen LogP contribution in [0.3, 0.4) is 0 Å². The summed E-state index contributed by atoms with van der Waals surface area (Å²) in [7, 11) is 0. The van der Waals surface area contributed by atoms with Crippen molar-refractivity contribution in [1.29, 1.82) is 0 Å². The molecule has 0 aromatic heterocycles. The third-order valence-electron chi connectivity index (χ3n) is 7.88. The van der Waals surface area contributed by atoms with E-state index in [1.165, 1.54) is 22.3 Å². The summed E-state index contributed by atoms with van der Waals surface area (Å²) in [6.45, 7) is 17.8. The minimum absolute atomic E-state index is 0.0274. The van der Waals surface area contributed by atoms with Crippen molar-refractivity contribution in [2.75, 3.05) is 13.1 Å². The molecule has 0 fully saturated rings. The lowest BCUT2D eigenvalue weighted by atomic mass is 9.83. The second-order valence-corrected chi connectivity index (χ2v) is 10.5. The van der Waals surface area contributed by atoms with Gasteiger partial charge < -0.3 is 0 Å². The van der Waals surface area contributed by atoms with Gasteiger partial charge in [0.05, 0.1) is 0 Å². The van der Waals surface area contributed by atoms with E-state index >= 15 is 0 Å². The van der Waals surface area contributed by atoms with Crippen LogP contribution in [0.5, 0.6) is 0 Å². The van der Waals surface area contributed by atoms with E-state index in [2.05, 4.69) is 63.5 Å². The maximum Gasteiger partial charge on any atom is 0.127 e. The topological polar surface area (TPSA) is 6.48 Å². The Morgan fingerprint density at radius 1 is 0.812 bits per heavy atom. The highest BCUT2D eigenvalue weighted by molar-refractivity contribution is 5.45. The molecule has 2 nitrogen and oxygen atoms in total. The monoisotopic (exact) mass is 436 g/mol. The molecule has 0 amide bonds. The first-order chi connectivity index (χ1) is 15.3. The molecular formula is C29H41FN2. The van der Waals surface area contributed by atoms with Crippen LogP contribution in [0, 0.1) is 5.82 Å². The van der Waals surface area contributed by atoms with Gasteiger partial charge in [-0.2, -0.15) is 0 Å².